The van der Waals surface area contributed by atoms with Crippen LogP contribution in [0.15, 0.2) is 42.5 Å². The first kappa shape index (κ1) is 16.4. The largest absolute Gasteiger partial charge is 0.495 e. The molecular formula is C20H21ClN2O2. The predicted octanol–water partition coefficient (Wildman–Crippen LogP) is 4.17. The summed E-state index contributed by atoms with van der Waals surface area (Å²) in [5, 5.41) is 0.596. The molecule has 2 aliphatic heterocycles. The number of carbonyl (C=O) groups excluding carboxylic acids is 1. The number of hydrogen-bond donors (Lipinski definition) is 0. The molecule has 1 amide bonds. The quantitative estimate of drug-likeness (QED) is 0.827. The van der Waals surface area contributed by atoms with Gasteiger partial charge in [0.25, 0.3) is 0 Å². The van der Waals surface area contributed by atoms with E-state index in [4.69, 9.17) is 16.3 Å². The summed E-state index contributed by atoms with van der Waals surface area (Å²) < 4.78 is 5.52. The van der Waals surface area contributed by atoms with Crippen LogP contribution in [-0.2, 0) is 4.79 Å². The minimum absolute atomic E-state index is 0.0602. The topological polar surface area (TPSA) is 32.8 Å². The van der Waals surface area contributed by atoms with Crippen LogP contribution in [0.1, 0.15) is 30.1 Å². The van der Waals surface area contributed by atoms with Gasteiger partial charge < -0.3 is 4.74 Å². The van der Waals surface area contributed by atoms with E-state index < -0.39 is 0 Å². The van der Waals surface area contributed by atoms with Crippen molar-refractivity contribution in [2.45, 2.75) is 32.0 Å². The summed E-state index contributed by atoms with van der Waals surface area (Å²) in [7, 11) is 1.62. The monoisotopic (exact) mass is 356 g/mol. The molecule has 0 unspecified atom stereocenters. The van der Waals surface area contributed by atoms with Crippen LogP contribution in [0.2, 0.25) is 5.02 Å². The molecule has 5 heteroatoms. The highest BCUT2D eigenvalue weighted by molar-refractivity contribution is 6.31. The third kappa shape index (κ3) is 2.70. The van der Waals surface area contributed by atoms with E-state index in [0.29, 0.717) is 10.8 Å². The zero-order valence-electron chi connectivity index (χ0n) is 14.4. The molecule has 2 aromatic rings. The lowest BCUT2D eigenvalue weighted by atomic mass is 10.1. The molecule has 2 atom stereocenters. The van der Waals surface area contributed by atoms with E-state index in [2.05, 4.69) is 36.1 Å². The number of ether oxygens (including phenoxy) is 1. The van der Waals surface area contributed by atoms with Gasteiger partial charge in [0.05, 0.1) is 18.8 Å². The number of halogens is 1. The lowest BCUT2D eigenvalue weighted by molar-refractivity contribution is -0.119. The number of carbonyl (C=O) groups is 1. The summed E-state index contributed by atoms with van der Waals surface area (Å²) in [6, 6.07) is 13.8. The SMILES string of the molecule is COc1ccc(Cl)cc1N1C(=O)[C@@H]2CCCN2[C@H]1c1ccc(C)cc1. The highest BCUT2D eigenvalue weighted by Crippen LogP contribution is 2.45. The second-order valence-electron chi connectivity index (χ2n) is 6.70. The molecule has 2 saturated heterocycles. The van der Waals surface area contributed by atoms with Gasteiger partial charge in [0.1, 0.15) is 11.9 Å². The van der Waals surface area contributed by atoms with Gasteiger partial charge in [-0.15, -0.1) is 0 Å². The minimum Gasteiger partial charge on any atom is -0.495 e. The van der Waals surface area contributed by atoms with Crippen molar-refractivity contribution < 1.29 is 9.53 Å². The van der Waals surface area contributed by atoms with E-state index in [1.165, 1.54) is 5.56 Å². The lowest BCUT2D eigenvalue weighted by Gasteiger charge is -2.30. The average molecular weight is 357 g/mol. The highest BCUT2D eigenvalue weighted by Gasteiger charge is 2.50. The van der Waals surface area contributed by atoms with Crippen molar-refractivity contribution in [3.63, 3.8) is 0 Å². The van der Waals surface area contributed by atoms with Crippen LogP contribution in [0, 0.1) is 6.92 Å². The Hall–Kier alpha value is -2.04. The first-order valence-corrected chi connectivity index (χ1v) is 8.97. The Bertz CT molecular complexity index is 806. The number of nitrogens with zero attached hydrogens (tertiary/aromatic N) is 2. The van der Waals surface area contributed by atoms with Crippen LogP contribution in [-0.4, -0.2) is 30.5 Å². The summed E-state index contributed by atoms with van der Waals surface area (Å²) in [4.78, 5) is 17.4. The Morgan fingerprint density at radius 2 is 1.92 bits per heavy atom. The van der Waals surface area contributed by atoms with Crippen molar-refractivity contribution in [1.82, 2.24) is 4.90 Å². The molecule has 0 aliphatic carbocycles. The zero-order chi connectivity index (χ0) is 17.6. The van der Waals surface area contributed by atoms with E-state index in [1.807, 2.05) is 17.0 Å². The molecule has 2 aromatic carbocycles. The number of benzene rings is 2. The van der Waals surface area contributed by atoms with Crippen LogP contribution in [0.4, 0.5) is 5.69 Å². The van der Waals surface area contributed by atoms with Crippen LogP contribution >= 0.6 is 11.6 Å². The summed E-state index contributed by atoms with van der Waals surface area (Å²) in [6.07, 6.45) is 1.84. The second kappa shape index (κ2) is 6.36. The fourth-order valence-corrected chi connectivity index (χ4v) is 4.12. The number of hydrogen-bond acceptors (Lipinski definition) is 3. The van der Waals surface area contributed by atoms with Crippen LogP contribution < -0.4 is 9.64 Å². The maximum absolute atomic E-state index is 13.2. The molecule has 25 heavy (non-hydrogen) atoms. The summed E-state index contributed by atoms with van der Waals surface area (Å²) in [6.45, 7) is 2.99. The van der Waals surface area contributed by atoms with E-state index in [0.717, 1.165) is 30.6 Å². The number of rotatable bonds is 3. The van der Waals surface area contributed by atoms with E-state index in [1.54, 1.807) is 13.2 Å². The molecule has 2 fully saturated rings. The molecule has 4 rings (SSSR count). The summed E-state index contributed by atoms with van der Waals surface area (Å²) in [5.74, 6) is 0.791. The second-order valence-corrected chi connectivity index (χ2v) is 7.14. The molecule has 2 aliphatic rings. The van der Waals surface area contributed by atoms with Gasteiger partial charge in [0, 0.05) is 11.6 Å². The van der Waals surface area contributed by atoms with Gasteiger partial charge in [-0.3, -0.25) is 14.6 Å². The molecule has 0 saturated carbocycles. The van der Waals surface area contributed by atoms with Crippen molar-refractivity contribution in [2.24, 2.45) is 0 Å². The Balaban J connectivity index is 1.85. The molecule has 2 heterocycles. The molecular weight excluding hydrogens is 336 g/mol. The van der Waals surface area contributed by atoms with Crippen molar-refractivity contribution in [3.8, 4) is 5.75 Å². The number of amides is 1. The normalized spacial score (nSPS) is 23.2. The molecule has 0 spiro atoms. The third-order valence-electron chi connectivity index (χ3n) is 5.15. The van der Waals surface area contributed by atoms with Gasteiger partial charge >= 0.3 is 0 Å². The van der Waals surface area contributed by atoms with Gasteiger partial charge in [-0.1, -0.05) is 41.4 Å². The van der Waals surface area contributed by atoms with Gasteiger partial charge in [-0.05, 0) is 43.5 Å². The zero-order valence-corrected chi connectivity index (χ0v) is 15.2. The van der Waals surface area contributed by atoms with Gasteiger partial charge in [0.15, 0.2) is 0 Å². The fraction of sp³-hybridized carbons (Fsp3) is 0.350. The molecule has 0 bridgehead atoms. The van der Waals surface area contributed by atoms with Crippen molar-refractivity contribution in [3.05, 3.63) is 58.6 Å². The molecule has 0 N–H and O–H groups in total. The average Bonchev–Trinajstić information content (AvgIpc) is 3.18. The number of anilines is 1. The Morgan fingerprint density at radius 1 is 1.16 bits per heavy atom. The molecule has 4 nitrogen and oxygen atoms in total. The maximum Gasteiger partial charge on any atom is 0.246 e. The maximum atomic E-state index is 13.2. The number of aryl methyl sites for hydroxylation is 1. The number of methoxy groups -OCH3 is 1. The molecule has 130 valence electrons. The molecule has 0 aromatic heterocycles. The minimum atomic E-state index is -0.118. The van der Waals surface area contributed by atoms with Crippen LogP contribution in [0.5, 0.6) is 5.75 Å². The highest BCUT2D eigenvalue weighted by atomic mass is 35.5. The Kier molecular flexibility index (Phi) is 4.18. The predicted molar refractivity (Wildman–Crippen MR) is 99.1 cm³/mol. The van der Waals surface area contributed by atoms with Crippen LogP contribution in [0.25, 0.3) is 0 Å². The first-order valence-electron chi connectivity index (χ1n) is 8.59. The fourth-order valence-electron chi connectivity index (χ4n) is 3.96. The van der Waals surface area contributed by atoms with Gasteiger partial charge in [-0.2, -0.15) is 0 Å². The van der Waals surface area contributed by atoms with Crippen molar-refractivity contribution in [1.29, 1.82) is 0 Å². The van der Waals surface area contributed by atoms with E-state index in [-0.39, 0.29) is 18.1 Å². The summed E-state index contributed by atoms with van der Waals surface area (Å²) >= 11 is 6.23. The lowest BCUT2D eigenvalue weighted by Crippen LogP contribution is -2.32. The van der Waals surface area contributed by atoms with E-state index in [9.17, 15) is 4.79 Å². The third-order valence-corrected chi connectivity index (χ3v) is 5.39. The van der Waals surface area contributed by atoms with Crippen molar-refractivity contribution in [2.75, 3.05) is 18.6 Å². The summed E-state index contributed by atoms with van der Waals surface area (Å²) in [5.41, 5.74) is 3.06. The smallest absolute Gasteiger partial charge is 0.246 e. The Labute approximate surface area is 152 Å². The van der Waals surface area contributed by atoms with Crippen molar-refractivity contribution >= 4 is 23.2 Å². The Morgan fingerprint density at radius 3 is 2.64 bits per heavy atom. The van der Waals surface area contributed by atoms with E-state index >= 15 is 0 Å². The first-order chi connectivity index (χ1) is 12.1. The van der Waals surface area contributed by atoms with Gasteiger partial charge in [-0.25, -0.2) is 0 Å². The molecule has 0 radical (unpaired) electrons. The number of fused-ring (bicyclic) bond motifs is 1. The van der Waals surface area contributed by atoms with Crippen LogP contribution in [0.3, 0.4) is 0 Å². The van der Waals surface area contributed by atoms with Gasteiger partial charge in [0.2, 0.25) is 5.91 Å². The standard InChI is InChI=1S/C20H21ClN2O2/c1-13-5-7-14(8-6-13)19-22-11-3-4-16(22)20(24)23(19)17-12-15(21)9-10-18(17)25-2/h5-10,12,16,19H,3-4,11H2,1-2H3/t16-,19+/m0/s1.